The van der Waals surface area contributed by atoms with E-state index >= 15 is 0 Å². The summed E-state index contributed by atoms with van der Waals surface area (Å²) in [6.07, 6.45) is 4.82. The van der Waals surface area contributed by atoms with Crippen LogP contribution in [0.5, 0.6) is 0 Å². The fourth-order valence-corrected chi connectivity index (χ4v) is 1.96. The molecule has 0 heterocycles. The summed E-state index contributed by atoms with van der Waals surface area (Å²) in [5.74, 6) is -1.46. The summed E-state index contributed by atoms with van der Waals surface area (Å²) in [7, 11) is 2.49. The quantitative estimate of drug-likeness (QED) is 0.433. The molecule has 0 radical (unpaired) electrons. The molecule has 0 saturated heterocycles. The van der Waals surface area contributed by atoms with E-state index in [0.29, 0.717) is 6.42 Å². The maximum atomic E-state index is 12.0. The van der Waals surface area contributed by atoms with E-state index in [4.69, 9.17) is 5.73 Å². The molecule has 0 spiro atoms. The van der Waals surface area contributed by atoms with Gasteiger partial charge < -0.3 is 20.5 Å². The molecule has 0 fully saturated rings. The van der Waals surface area contributed by atoms with E-state index in [9.17, 15) is 14.4 Å². The zero-order valence-electron chi connectivity index (χ0n) is 13.7. The monoisotopic (exact) mass is 316 g/mol. The molecule has 0 aliphatic heterocycles. The predicted octanol–water partition coefficient (Wildman–Crippen LogP) is 0.895. The average molecular weight is 316 g/mol. The highest BCUT2D eigenvalue weighted by Crippen LogP contribution is 2.06. The Balaban J connectivity index is 4.35. The second-order valence-electron chi connectivity index (χ2n) is 5.15. The second-order valence-corrected chi connectivity index (χ2v) is 5.15. The van der Waals surface area contributed by atoms with E-state index in [0.717, 1.165) is 25.7 Å². The van der Waals surface area contributed by atoms with Crippen molar-refractivity contribution in [3.8, 4) is 0 Å². The molecule has 22 heavy (non-hydrogen) atoms. The smallest absolute Gasteiger partial charge is 0.328 e. The third-order valence-electron chi connectivity index (χ3n) is 3.37. The fraction of sp³-hybridized carbons (Fsp3) is 0.800. The van der Waals surface area contributed by atoms with Gasteiger partial charge in [0.1, 0.15) is 6.04 Å². The molecule has 7 nitrogen and oxygen atoms in total. The van der Waals surface area contributed by atoms with Gasteiger partial charge in [0, 0.05) is 6.42 Å². The third kappa shape index (κ3) is 8.61. The molecule has 0 aliphatic carbocycles. The molecule has 0 rings (SSSR count). The number of nitrogens with one attached hydrogen (secondary N) is 1. The summed E-state index contributed by atoms with van der Waals surface area (Å²) in [6, 6.07) is -1.56. The highest BCUT2D eigenvalue weighted by atomic mass is 16.5. The summed E-state index contributed by atoms with van der Waals surface area (Å²) >= 11 is 0. The number of carbonyl (C=O) groups is 3. The zero-order chi connectivity index (χ0) is 17.0. The Hall–Kier alpha value is -1.63. The van der Waals surface area contributed by atoms with Crippen molar-refractivity contribution < 1.29 is 23.9 Å². The largest absolute Gasteiger partial charge is 0.469 e. The Bertz CT molecular complexity index is 360. The molecule has 3 N–H and O–H groups in total. The minimum atomic E-state index is -0.890. The summed E-state index contributed by atoms with van der Waals surface area (Å²) in [5, 5.41) is 2.54. The van der Waals surface area contributed by atoms with Crippen LogP contribution in [0.1, 0.15) is 51.9 Å². The van der Waals surface area contributed by atoms with Gasteiger partial charge in [0.25, 0.3) is 0 Å². The Morgan fingerprint density at radius 3 is 2.27 bits per heavy atom. The van der Waals surface area contributed by atoms with Crippen molar-refractivity contribution in [3.63, 3.8) is 0 Å². The van der Waals surface area contributed by atoms with Crippen LogP contribution < -0.4 is 11.1 Å². The van der Waals surface area contributed by atoms with Crippen molar-refractivity contribution in [2.45, 2.75) is 64.0 Å². The molecular weight excluding hydrogens is 288 g/mol. The van der Waals surface area contributed by atoms with Crippen molar-refractivity contribution >= 4 is 17.8 Å². The Morgan fingerprint density at radius 2 is 1.73 bits per heavy atom. The summed E-state index contributed by atoms with van der Waals surface area (Å²) < 4.78 is 9.14. The maximum Gasteiger partial charge on any atom is 0.328 e. The van der Waals surface area contributed by atoms with Crippen LogP contribution in [0.4, 0.5) is 0 Å². The molecule has 0 bridgehead atoms. The normalized spacial score (nSPS) is 13.1. The summed E-state index contributed by atoms with van der Waals surface area (Å²) in [5.41, 5.74) is 5.82. The number of rotatable bonds is 11. The zero-order valence-corrected chi connectivity index (χ0v) is 13.7. The van der Waals surface area contributed by atoms with Gasteiger partial charge in [0.15, 0.2) is 0 Å². The molecule has 0 unspecified atom stereocenters. The van der Waals surface area contributed by atoms with Gasteiger partial charge in [-0.15, -0.1) is 0 Å². The lowest BCUT2D eigenvalue weighted by Crippen LogP contribution is -2.48. The predicted molar refractivity (Wildman–Crippen MR) is 81.9 cm³/mol. The SMILES string of the molecule is CCCCCC[C@@H](N)C(=O)N[C@@H](CCC(=O)OC)C(=O)OC. The van der Waals surface area contributed by atoms with Crippen LogP contribution in [-0.2, 0) is 23.9 Å². The second kappa shape index (κ2) is 12.0. The van der Waals surface area contributed by atoms with Crippen LogP contribution in [-0.4, -0.2) is 44.1 Å². The van der Waals surface area contributed by atoms with E-state index in [-0.39, 0.29) is 12.8 Å². The van der Waals surface area contributed by atoms with Crippen molar-refractivity contribution in [2.24, 2.45) is 5.73 Å². The molecule has 0 saturated carbocycles. The van der Waals surface area contributed by atoms with Crippen molar-refractivity contribution in [1.29, 1.82) is 0 Å². The van der Waals surface area contributed by atoms with E-state index in [1.165, 1.54) is 14.2 Å². The first-order chi connectivity index (χ1) is 10.5. The molecule has 0 aromatic heterocycles. The molecule has 7 heteroatoms. The number of methoxy groups -OCH3 is 2. The van der Waals surface area contributed by atoms with Gasteiger partial charge in [-0.05, 0) is 12.8 Å². The minimum absolute atomic E-state index is 0.0162. The van der Waals surface area contributed by atoms with Crippen molar-refractivity contribution in [2.75, 3.05) is 14.2 Å². The van der Waals surface area contributed by atoms with Crippen LogP contribution in [0.15, 0.2) is 0 Å². The Labute approximate surface area is 131 Å². The van der Waals surface area contributed by atoms with Gasteiger partial charge in [-0.2, -0.15) is 0 Å². The number of hydrogen-bond acceptors (Lipinski definition) is 6. The molecular formula is C15H28N2O5. The third-order valence-corrected chi connectivity index (χ3v) is 3.37. The minimum Gasteiger partial charge on any atom is -0.469 e. The van der Waals surface area contributed by atoms with Gasteiger partial charge >= 0.3 is 11.9 Å². The number of hydrogen-bond donors (Lipinski definition) is 2. The number of unbranched alkanes of at least 4 members (excludes halogenated alkanes) is 3. The van der Waals surface area contributed by atoms with Gasteiger partial charge in [-0.3, -0.25) is 9.59 Å². The highest BCUT2D eigenvalue weighted by molar-refractivity contribution is 5.87. The lowest BCUT2D eigenvalue weighted by Gasteiger charge is -2.18. The highest BCUT2D eigenvalue weighted by Gasteiger charge is 2.25. The van der Waals surface area contributed by atoms with Gasteiger partial charge in [-0.1, -0.05) is 32.6 Å². The topological polar surface area (TPSA) is 108 Å². The van der Waals surface area contributed by atoms with E-state index in [2.05, 4.69) is 21.7 Å². The molecule has 0 aliphatic rings. The average Bonchev–Trinajstić information content (AvgIpc) is 2.53. The lowest BCUT2D eigenvalue weighted by molar-refractivity contribution is -0.146. The van der Waals surface area contributed by atoms with Crippen LogP contribution >= 0.6 is 0 Å². The Morgan fingerprint density at radius 1 is 1.05 bits per heavy atom. The van der Waals surface area contributed by atoms with E-state index in [1.54, 1.807) is 0 Å². The number of nitrogens with two attached hydrogens (primary N) is 1. The first-order valence-corrected chi connectivity index (χ1v) is 7.66. The van der Waals surface area contributed by atoms with Crippen molar-refractivity contribution in [1.82, 2.24) is 5.32 Å². The van der Waals surface area contributed by atoms with Gasteiger partial charge in [0.2, 0.25) is 5.91 Å². The Kier molecular flexibility index (Phi) is 11.1. The maximum absolute atomic E-state index is 12.0. The van der Waals surface area contributed by atoms with Crippen LogP contribution in [0, 0.1) is 0 Å². The number of amides is 1. The van der Waals surface area contributed by atoms with E-state index < -0.39 is 29.9 Å². The molecule has 128 valence electrons. The number of ether oxygens (including phenoxy) is 2. The fourth-order valence-electron chi connectivity index (χ4n) is 1.96. The van der Waals surface area contributed by atoms with Gasteiger partial charge in [0.05, 0.1) is 20.3 Å². The molecule has 0 aromatic rings. The first kappa shape index (κ1) is 20.4. The summed E-state index contributed by atoms with van der Waals surface area (Å²) in [4.78, 5) is 34.8. The van der Waals surface area contributed by atoms with Crippen LogP contribution in [0.25, 0.3) is 0 Å². The van der Waals surface area contributed by atoms with E-state index in [1.807, 2.05) is 0 Å². The van der Waals surface area contributed by atoms with Crippen LogP contribution in [0.3, 0.4) is 0 Å². The lowest BCUT2D eigenvalue weighted by atomic mass is 10.1. The summed E-state index contributed by atoms with van der Waals surface area (Å²) in [6.45, 7) is 2.11. The number of esters is 2. The first-order valence-electron chi connectivity index (χ1n) is 7.66. The van der Waals surface area contributed by atoms with Crippen LogP contribution in [0.2, 0.25) is 0 Å². The van der Waals surface area contributed by atoms with Crippen molar-refractivity contribution in [3.05, 3.63) is 0 Å². The molecule has 1 amide bonds. The number of carbonyl (C=O) groups excluding carboxylic acids is 3. The molecule has 2 atom stereocenters. The standard InChI is InChI=1S/C15H28N2O5/c1-4-5-6-7-8-11(16)14(19)17-12(15(20)22-3)9-10-13(18)21-2/h11-12H,4-10,16H2,1-3H3,(H,17,19)/t11-,12+/m1/s1. The molecule has 0 aromatic carbocycles. The van der Waals surface area contributed by atoms with Gasteiger partial charge in [-0.25, -0.2) is 4.79 Å².